The number of ether oxygens (including phenoxy) is 2. The predicted octanol–water partition coefficient (Wildman–Crippen LogP) is 4.53. The highest BCUT2D eigenvalue weighted by molar-refractivity contribution is 6.06. The van der Waals surface area contributed by atoms with Crippen LogP contribution in [0, 0.1) is 17.1 Å². The Hall–Kier alpha value is -5.43. The standard InChI is InChI=1S/C29H21FN4O5/c1-37-28(35)24-23(16-7-4-3-5-8-16)20(15-31)26(32)34(25(24)29(36)38-2)19-11-12-21-22(14-19)39-27(33-21)17-9-6-10-18(30)13-17/h3-14,23H,32H2,1-2H3. The largest absolute Gasteiger partial charge is 0.466 e. The van der Waals surface area contributed by atoms with Crippen molar-refractivity contribution in [2.24, 2.45) is 5.73 Å². The minimum atomic E-state index is -0.984. The van der Waals surface area contributed by atoms with E-state index in [1.807, 2.05) is 0 Å². The molecule has 1 aromatic heterocycles. The Bertz CT molecular complexity index is 1720. The monoisotopic (exact) mass is 524 g/mol. The molecular weight excluding hydrogens is 503 g/mol. The number of fused-ring (bicyclic) bond motifs is 1. The molecule has 0 saturated heterocycles. The van der Waals surface area contributed by atoms with Gasteiger partial charge in [0.05, 0.1) is 43.0 Å². The van der Waals surface area contributed by atoms with Crippen molar-refractivity contribution in [1.82, 2.24) is 4.98 Å². The fourth-order valence-electron chi connectivity index (χ4n) is 4.58. The van der Waals surface area contributed by atoms with Crippen molar-refractivity contribution in [3.8, 4) is 17.5 Å². The van der Waals surface area contributed by atoms with Crippen LogP contribution in [0.15, 0.2) is 99.9 Å². The molecule has 1 aliphatic rings. The van der Waals surface area contributed by atoms with Gasteiger partial charge < -0.3 is 19.6 Å². The summed E-state index contributed by atoms with van der Waals surface area (Å²) in [4.78, 5) is 32.1. The molecule has 2 N–H and O–H groups in total. The Morgan fingerprint density at radius 3 is 2.44 bits per heavy atom. The molecule has 4 aromatic rings. The van der Waals surface area contributed by atoms with E-state index in [4.69, 9.17) is 19.6 Å². The number of nitrogens with zero attached hydrogens (tertiary/aromatic N) is 3. The van der Waals surface area contributed by atoms with E-state index in [1.54, 1.807) is 60.7 Å². The summed E-state index contributed by atoms with van der Waals surface area (Å²) in [6, 6.07) is 21.4. The van der Waals surface area contributed by atoms with Crippen molar-refractivity contribution in [3.63, 3.8) is 0 Å². The average molecular weight is 525 g/mol. The Labute approximate surface area is 222 Å². The number of hydrogen-bond acceptors (Lipinski definition) is 9. The highest BCUT2D eigenvalue weighted by Gasteiger charge is 2.43. The van der Waals surface area contributed by atoms with Crippen LogP contribution >= 0.6 is 0 Å². The second-order valence-corrected chi connectivity index (χ2v) is 8.52. The van der Waals surface area contributed by atoms with Crippen molar-refractivity contribution in [1.29, 1.82) is 5.26 Å². The fourth-order valence-corrected chi connectivity index (χ4v) is 4.58. The summed E-state index contributed by atoms with van der Waals surface area (Å²) >= 11 is 0. The molecule has 0 amide bonds. The number of methoxy groups -OCH3 is 2. The number of anilines is 1. The first-order valence-corrected chi connectivity index (χ1v) is 11.7. The SMILES string of the molecule is COC(=O)C1=C(C(=O)OC)N(c2ccc3nc(-c4cccc(F)c4)oc3c2)C(N)=C(C#N)C1c1ccccc1. The van der Waals surface area contributed by atoms with E-state index >= 15 is 0 Å². The zero-order valence-electron chi connectivity index (χ0n) is 20.8. The Morgan fingerprint density at radius 2 is 1.77 bits per heavy atom. The molecule has 39 heavy (non-hydrogen) atoms. The number of nitriles is 1. The lowest BCUT2D eigenvalue weighted by atomic mass is 9.81. The van der Waals surface area contributed by atoms with Crippen LogP contribution in [0.3, 0.4) is 0 Å². The zero-order valence-corrected chi connectivity index (χ0v) is 20.8. The van der Waals surface area contributed by atoms with Crippen LogP contribution in [0.2, 0.25) is 0 Å². The van der Waals surface area contributed by atoms with Gasteiger partial charge in [0, 0.05) is 11.6 Å². The topological polar surface area (TPSA) is 132 Å². The molecule has 5 rings (SSSR count). The zero-order chi connectivity index (χ0) is 27.7. The molecule has 1 unspecified atom stereocenters. The maximum Gasteiger partial charge on any atom is 0.355 e. The molecule has 0 aliphatic carbocycles. The third kappa shape index (κ3) is 4.36. The molecule has 10 heteroatoms. The lowest BCUT2D eigenvalue weighted by Gasteiger charge is -2.35. The highest BCUT2D eigenvalue weighted by atomic mass is 19.1. The second-order valence-electron chi connectivity index (χ2n) is 8.52. The van der Waals surface area contributed by atoms with Crippen LogP contribution in [-0.2, 0) is 19.1 Å². The summed E-state index contributed by atoms with van der Waals surface area (Å²) in [7, 11) is 2.35. The normalized spacial score (nSPS) is 15.3. The molecule has 0 radical (unpaired) electrons. The van der Waals surface area contributed by atoms with Gasteiger partial charge in [0.25, 0.3) is 0 Å². The fraction of sp³-hybridized carbons (Fsp3) is 0.103. The van der Waals surface area contributed by atoms with Gasteiger partial charge in [-0.05, 0) is 35.9 Å². The first-order valence-electron chi connectivity index (χ1n) is 11.7. The molecule has 194 valence electrons. The van der Waals surface area contributed by atoms with Gasteiger partial charge >= 0.3 is 11.9 Å². The third-order valence-corrected chi connectivity index (χ3v) is 6.31. The number of benzene rings is 3. The second kappa shape index (κ2) is 10.1. The van der Waals surface area contributed by atoms with E-state index in [9.17, 15) is 19.2 Å². The number of halogens is 1. The van der Waals surface area contributed by atoms with Crippen molar-refractivity contribution in [3.05, 3.63) is 107 Å². The summed E-state index contributed by atoms with van der Waals surface area (Å²) in [5.41, 5.74) is 8.30. The average Bonchev–Trinajstić information content (AvgIpc) is 3.39. The number of rotatable bonds is 5. The van der Waals surface area contributed by atoms with Crippen molar-refractivity contribution >= 4 is 28.7 Å². The molecule has 0 saturated carbocycles. The van der Waals surface area contributed by atoms with E-state index < -0.39 is 23.7 Å². The van der Waals surface area contributed by atoms with Gasteiger partial charge in [-0.2, -0.15) is 5.26 Å². The van der Waals surface area contributed by atoms with Crippen LogP contribution in [-0.4, -0.2) is 31.1 Å². The first kappa shape index (κ1) is 25.2. The molecule has 1 aliphatic heterocycles. The lowest BCUT2D eigenvalue weighted by molar-refractivity contribution is -0.139. The van der Waals surface area contributed by atoms with E-state index in [0.717, 1.165) is 0 Å². The minimum absolute atomic E-state index is 0.0346. The Balaban J connectivity index is 1.74. The number of hydrogen-bond donors (Lipinski definition) is 1. The number of carbonyl (C=O) groups is 2. The van der Waals surface area contributed by atoms with Gasteiger partial charge in [-0.25, -0.2) is 19.0 Å². The highest BCUT2D eigenvalue weighted by Crippen LogP contribution is 2.43. The molecular formula is C29H21FN4O5. The van der Waals surface area contributed by atoms with Crippen LogP contribution < -0.4 is 10.6 Å². The molecule has 0 spiro atoms. The van der Waals surface area contributed by atoms with E-state index in [2.05, 4.69) is 11.1 Å². The summed E-state index contributed by atoms with van der Waals surface area (Å²) in [5, 5.41) is 10.2. The Morgan fingerprint density at radius 1 is 1.03 bits per heavy atom. The minimum Gasteiger partial charge on any atom is -0.466 e. The number of aromatic nitrogens is 1. The van der Waals surface area contributed by atoms with E-state index in [-0.39, 0.29) is 28.6 Å². The number of carbonyl (C=O) groups excluding carboxylic acids is 2. The van der Waals surface area contributed by atoms with Crippen molar-refractivity contribution < 1.29 is 27.9 Å². The van der Waals surface area contributed by atoms with Gasteiger partial charge in [0.15, 0.2) is 5.58 Å². The van der Waals surface area contributed by atoms with Gasteiger partial charge in [-0.1, -0.05) is 36.4 Å². The van der Waals surface area contributed by atoms with E-state index in [0.29, 0.717) is 27.9 Å². The van der Waals surface area contributed by atoms with Crippen LogP contribution in [0.25, 0.3) is 22.6 Å². The van der Waals surface area contributed by atoms with Crippen molar-refractivity contribution in [2.75, 3.05) is 19.1 Å². The number of oxazole rings is 1. The molecule has 9 nitrogen and oxygen atoms in total. The van der Waals surface area contributed by atoms with Gasteiger partial charge in [0.2, 0.25) is 5.89 Å². The van der Waals surface area contributed by atoms with E-state index in [1.165, 1.54) is 31.3 Å². The lowest BCUT2D eigenvalue weighted by Crippen LogP contribution is -2.40. The van der Waals surface area contributed by atoms with Crippen molar-refractivity contribution in [2.45, 2.75) is 5.92 Å². The van der Waals surface area contributed by atoms with Crippen LogP contribution in [0.1, 0.15) is 11.5 Å². The smallest absolute Gasteiger partial charge is 0.355 e. The molecule has 0 bridgehead atoms. The summed E-state index contributed by atoms with van der Waals surface area (Å²) < 4.78 is 29.7. The predicted molar refractivity (Wildman–Crippen MR) is 139 cm³/mol. The van der Waals surface area contributed by atoms with Gasteiger partial charge in [-0.3, -0.25) is 4.90 Å². The summed E-state index contributed by atoms with van der Waals surface area (Å²) in [6.07, 6.45) is 0. The maximum atomic E-state index is 13.8. The molecule has 0 fully saturated rings. The quantitative estimate of drug-likeness (QED) is 0.374. The molecule has 2 heterocycles. The first-order chi connectivity index (χ1) is 18.9. The summed E-state index contributed by atoms with van der Waals surface area (Å²) in [6.45, 7) is 0. The number of esters is 2. The van der Waals surface area contributed by atoms with Gasteiger partial charge in [0.1, 0.15) is 22.9 Å². The summed E-state index contributed by atoms with van der Waals surface area (Å²) in [5.74, 6) is -3.02. The van der Waals surface area contributed by atoms with Crippen LogP contribution in [0.4, 0.5) is 10.1 Å². The van der Waals surface area contributed by atoms with Gasteiger partial charge in [-0.15, -0.1) is 0 Å². The molecule has 3 aromatic carbocycles. The third-order valence-electron chi connectivity index (χ3n) is 6.31. The Kier molecular flexibility index (Phi) is 6.56. The van der Waals surface area contributed by atoms with Crippen LogP contribution in [0.5, 0.6) is 0 Å². The number of allylic oxidation sites excluding steroid dienone is 1. The molecule has 1 atom stereocenters. The maximum absolute atomic E-state index is 13.8. The number of nitrogens with two attached hydrogens (primary N) is 1.